The largest absolute Gasteiger partial charge is 0.491 e. The first-order valence-electron chi connectivity index (χ1n) is 7.59. The summed E-state index contributed by atoms with van der Waals surface area (Å²) in [4.78, 5) is 11.3. The summed E-state index contributed by atoms with van der Waals surface area (Å²) in [5, 5.41) is 17.1. The van der Waals surface area contributed by atoms with Crippen LogP contribution in [0.5, 0.6) is 5.75 Å². The number of aromatic nitrogens is 3. The summed E-state index contributed by atoms with van der Waals surface area (Å²) in [6, 6.07) is 7.48. The highest BCUT2D eigenvalue weighted by atomic mass is 16.5. The number of para-hydroxylation sites is 2. The second kappa shape index (κ2) is 7.59. The SMILES string of the molecule is CCCCc1c(C(=O)O)nnn1-c1ccccc1OCCC. The molecular formula is C16H21N3O3. The molecule has 1 aromatic carbocycles. The molecular weight excluding hydrogens is 282 g/mol. The maximum absolute atomic E-state index is 11.3. The Morgan fingerprint density at radius 1 is 1.27 bits per heavy atom. The van der Waals surface area contributed by atoms with E-state index in [1.54, 1.807) is 4.68 Å². The van der Waals surface area contributed by atoms with Crippen LogP contribution in [0.25, 0.3) is 5.69 Å². The Hall–Kier alpha value is -2.37. The van der Waals surface area contributed by atoms with Crippen molar-refractivity contribution >= 4 is 5.97 Å². The van der Waals surface area contributed by atoms with E-state index in [-0.39, 0.29) is 5.69 Å². The van der Waals surface area contributed by atoms with E-state index in [4.69, 9.17) is 4.74 Å². The quantitative estimate of drug-likeness (QED) is 0.811. The van der Waals surface area contributed by atoms with E-state index in [2.05, 4.69) is 17.2 Å². The molecule has 0 radical (unpaired) electrons. The number of unbranched alkanes of at least 4 members (excludes halogenated alkanes) is 1. The Kier molecular flexibility index (Phi) is 5.52. The fraction of sp³-hybridized carbons (Fsp3) is 0.438. The highest BCUT2D eigenvalue weighted by molar-refractivity contribution is 5.86. The van der Waals surface area contributed by atoms with Crippen LogP contribution >= 0.6 is 0 Å². The molecule has 0 aliphatic rings. The van der Waals surface area contributed by atoms with Gasteiger partial charge in [0.15, 0.2) is 5.69 Å². The van der Waals surface area contributed by atoms with E-state index < -0.39 is 5.97 Å². The summed E-state index contributed by atoms with van der Waals surface area (Å²) in [6.07, 6.45) is 3.37. The van der Waals surface area contributed by atoms with Gasteiger partial charge in [-0.3, -0.25) is 0 Å². The summed E-state index contributed by atoms with van der Waals surface area (Å²) in [7, 11) is 0. The Labute approximate surface area is 129 Å². The molecule has 0 unspecified atom stereocenters. The van der Waals surface area contributed by atoms with E-state index in [0.717, 1.165) is 24.9 Å². The number of carboxylic acid groups (broad SMARTS) is 1. The fourth-order valence-electron chi connectivity index (χ4n) is 2.20. The minimum atomic E-state index is -1.05. The summed E-state index contributed by atoms with van der Waals surface area (Å²) < 4.78 is 7.32. The zero-order chi connectivity index (χ0) is 15.9. The normalized spacial score (nSPS) is 10.6. The lowest BCUT2D eigenvalue weighted by atomic mass is 10.1. The number of hydrogen-bond donors (Lipinski definition) is 1. The smallest absolute Gasteiger partial charge is 0.358 e. The number of nitrogens with zero attached hydrogens (tertiary/aromatic N) is 3. The highest BCUT2D eigenvalue weighted by Gasteiger charge is 2.21. The lowest BCUT2D eigenvalue weighted by molar-refractivity contribution is 0.0689. The third-order valence-corrected chi connectivity index (χ3v) is 3.29. The van der Waals surface area contributed by atoms with Crippen LogP contribution in [0, 0.1) is 0 Å². The van der Waals surface area contributed by atoms with Crippen LogP contribution in [0.15, 0.2) is 24.3 Å². The maximum atomic E-state index is 11.3. The number of carboxylic acids is 1. The molecule has 0 saturated carbocycles. The zero-order valence-electron chi connectivity index (χ0n) is 13.0. The molecule has 0 aliphatic carbocycles. The summed E-state index contributed by atoms with van der Waals surface area (Å²) in [6.45, 7) is 4.70. The van der Waals surface area contributed by atoms with E-state index in [9.17, 15) is 9.90 Å². The van der Waals surface area contributed by atoms with Crippen LogP contribution < -0.4 is 4.74 Å². The van der Waals surface area contributed by atoms with Gasteiger partial charge in [-0.2, -0.15) is 0 Å². The third kappa shape index (κ3) is 3.44. The van der Waals surface area contributed by atoms with Gasteiger partial charge in [-0.25, -0.2) is 9.48 Å². The van der Waals surface area contributed by atoms with E-state index in [1.807, 2.05) is 31.2 Å². The van der Waals surface area contributed by atoms with Crippen LogP contribution in [0.3, 0.4) is 0 Å². The molecule has 118 valence electrons. The van der Waals surface area contributed by atoms with Crippen molar-refractivity contribution in [2.75, 3.05) is 6.61 Å². The molecule has 0 aliphatic heterocycles. The van der Waals surface area contributed by atoms with Crippen molar-refractivity contribution < 1.29 is 14.6 Å². The van der Waals surface area contributed by atoms with Gasteiger partial charge in [0.25, 0.3) is 0 Å². The van der Waals surface area contributed by atoms with E-state index >= 15 is 0 Å². The van der Waals surface area contributed by atoms with Gasteiger partial charge in [0.05, 0.1) is 12.3 Å². The number of aromatic carboxylic acids is 1. The first-order valence-corrected chi connectivity index (χ1v) is 7.59. The zero-order valence-corrected chi connectivity index (χ0v) is 13.0. The Bertz CT molecular complexity index is 637. The minimum Gasteiger partial charge on any atom is -0.491 e. The van der Waals surface area contributed by atoms with Gasteiger partial charge in [0.2, 0.25) is 0 Å². The lowest BCUT2D eigenvalue weighted by Crippen LogP contribution is -2.09. The van der Waals surface area contributed by atoms with Crippen molar-refractivity contribution in [2.45, 2.75) is 39.5 Å². The van der Waals surface area contributed by atoms with Crippen LogP contribution in [0.1, 0.15) is 49.3 Å². The van der Waals surface area contributed by atoms with Gasteiger partial charge in [0.1, 0.15) is 11.4 Å². The number of benzene rings is 1. The molecule has 1 aromatic heterocycles. The number of carbonyl (C=O) groups is 1. The van der Waals surface area contributed by atoms with Gasteiger partial charge in [0, 0.05) is 0 Å². The highest BCUT2D eigenvalue weighted by Crippen LogP contribution is 2.25. The Balaban J connectivity index is 2.45. The summed E-state index contributed by atoms with van der Waals surface area (Å²) >= 11 is 0. The summed E-state index contributed by atoms with van der Waals surface area (Å²) in [5.74, 6) is -0.367. The Morgan fingerprint density at radius 2 is 2.05 bits per heavy atom. The number of rotatable bonds is 8. The first kappa shape index (κ1) is 16.0. The van der Waals surface area contributed by atoms with Crippen molar-refractivity contribution in [2.24, 2.45) is 0 Å². The number of hydrogen-bond acceptors (Lipinski definition) is 4. The minimum absolute atomic E-state index is 0.0127. The second-order valence-corrected chi connectivity index (χ2v) is 5.02. The van der Waals surface area contributed by atoms with Crippen molar-refractivity contribution in [3.63, 3.8) is 0 Å². The topological polar surface area (TPSA) is 77.2 Å². The molecule has 1 N–H and O–H groups in total. The van der Waals surface area contributed by atoms with Gasteiger partial charge in [-0.1, -0.05) is 37.6 Å². The van der Waals surface area contributed by atoms with Crippen LogP contribution in [0.2, 0.25) is 0 Å². The van der Waals surface area contributed by atoms with Gasteiger partial charge < -0.3 is 9.84 Å². The van der Waals surface area contributed by atoms with Gasteiger partial charge in [-0.05, 0) is 31.4 Å². The molecule has 6 nitrogen and oxygen atoms in total. The summed E-state index contributed by atoms with van der Waals surface area (Å²) in [5.41, 5.74) is 1.35. The maximum Gasteiger partial charge on any atom is 0.358 e. The van der Waals surface area contributed by atoms with E-state index in [0.29, 0.717) is 24.5 Å². The molecule has 0 atom stereocenters. The number of ether oxygens (including phenoxy) is 1. The third-order valence-electron chi connectivity index (χ3n) is 3.29. The molecule has 6 heteroatoms. The molecule has 22 heavy (non-hydrogen) atoms. The monoisotopic (exact) mass is 303 g/mol. The molecule has 2 rings (SSSR count). The average Bonchev–Trinajstić information content (AvgIpc) is 2.95. The van der Waals surface area contributed by atoms with Crippen molar-refractivity contribution in [3.8, 4) is 11.4 Å². The molecule has 0 saturated heterocycles. The predicted octanol–water partition coefficient (Wildman–Crippen LogP) is 3.10. The standard InChI is InChI=1S/C16H21N3O3/c1-3-5-8-13-15(16(20)21)17-18-19(13)12-9-6-7-10-14(12)22-11-4-2/h6-7,9-10H,3-5,8,11H2,1-2H3,(H,20,21). The van der Waals surface area contributed by atoms with Crippen molar-refractivity contribution in [1.82, 2.24) is 15.0 Å². The first-order chi connectivity index (χ1) is 10.7. The predicted molar refractivity (Wildman–Crippen MR) is 82.7 cm³/mol. The lowest BCUT2D eigenvalue weighted by Gasteiger charge is -2.12. The average molecular weight is 303 g/mol. The molecule has 2 aromatic rings. The molecule has 1 heterocycles. The van der Waals surface area contributed by atoms with Crippen molar-refractivity contribution in [1.29, 1.82) is 0 Å². The van der Waals surface area contributed by atoms with E-state index in [1.165, 1.54) is 0 Å². The molecule has 0 amide bonds. The fourth-order valence-corrected chi connectivity index (χ4v) is 2.20. The molecule has 0 spiro atoms. The Morgan fingerprint density at radius 3 is 2.73 bits per heavy atom. The van der Waals surface area contributed by atoms with Crippen LogP contribution in [-0.2, 0) is 6.42 Å². The van der Waals surface area contributed by atoms with Crippen LogP contribution in [-0.4, -0.2) is 32.7 Å². The molecule has 0 bridgehead atoms. The van der Waals surface area contributed by atoms with Crippen LogP contribution in [0.4, 0.5) is 0 Å². The van der Waals surface area contributed by atoms with Gasteiger partial charge in [-0.15, -0.1) is 5.10 Å². The van der Waals surface area contributed by atoms with Crippen molar-refractivity contribution in [3.05, 3.63) is 35.7 Å². The van der Waals surface area contributed by atoms with Gasteiger partial charge >= 0.3 is 5.97 Å². The second-order valence-electron chi connectivity index (χ2n) is 5.02. The molecule has 0 fully saturated rings.